The largest absolute Gasteiger partial charge is 0.343 e. The third-order valence-corrected chi connectivity index (χ3v) is 3.70. The maximum absolute atomic E-state index is 11.9. The SMILES string of the molecule is CCN(CC)C(=O)CCNCc1cncc2ccccc12. The molecule has 0 atom stereocenters. The van der Waals surface area contributed by atoms with Crippen molar-refractivity contribution in [1.82, 2.24) is 15.2 Å². The number of nitrogens with zero attached hydrogens (tertiary/aromatic N) is 2. The molecule has 4 nitrogen and oxygen atoms in total. The normalized spacial score (nSPS) is 10.8. The minimum Gasteiger partial charge on any atom is -0.343 e. The average Bonchev–Trinajstić information content (AvgIpc) is 2.53. The minimum absolute atomic E-state index is 0.212. The molecule has 4 heteroatoms. The Bertz CT molecular complexity index is 588. The molecule has 1 amide bonds. The molecule has 21 heavy (non-hydrogen) atoms. The number of fused-ring (bicyclic) bond motifs is 1. The van der Waals surface area contributed by atoms with E-state index in [2.05, 4.69) is 22.4 Å². The topological polar surface area (TPSA) is 45.2 Å². The van der Waals surface area contributed by atoms with E-state index in [4.69, 9.17) is 0 Å². The molecule has 1 N–H and O–H groups in total. The summed E-state index contributed by atoms with van der Waals surface area (Å²) in [5.74, 6) is 0.212. The Morgan fingerprint density at radius 1 is 1.19 bits per heavy atom. The molecular formula is C17H23N3O. The molecule has 0 spiro atoms. The van der Waals surface area contributed by atoms with Gasteiger partial charge in [0.05, 0.1) is 0 Å². The Morgan fingerprint density at radius 2 is 1.95 bits per heavy atom. The zero-order valence-corrected chi connectivity index (χ0v) is 12.8. The van der Waals surface area contributed by atoms with Gasteiger partial charge in [-0.05, 0) is 24.8 Å². The van der Waals surface area contributed by atoms with Gasteiger partial charge >= 0.3 is 0 Å². The van der Waals surface area contributed by atoms with Crippen LogP contribution in [-0.4, -0.2) is 35.4 Å². The molecular weight excluding hydrogens is 262 g/mol. The van der Waals surface area contributed by atoms with Crippen LogP contribution in [0.3, 0.4) is 0 Å². The number of benzene rings is 1. The van der Waals surface area contributed by atoms with Gasteiger partial charge in [0.25, 0.3) is 0 Å². The predicted molar refractivity (Wildman–Crippen MR) is 86.0 cm³/mol. The summed E-state index contributed by atoms with van der Waals surface area (Å²) in [4.78, 5) is 18.0. The number of rotatable bonds is 7. The number of pyridine rings is 1. The zero-order chi connectivity index (χ0) is 15.1. The smallest absolute Gasteiger partial charge is 0.223 e. The van der Waals surface area contributed by atoms with E-state index in [9.17, 15) is 4.79 Å². The fourth-order valence-corrected chi connectivity index (χ4v) is 2.47. The zero-order valence-electron chi connectivity index (χ0n) is 12.8. The lowest BCUT2D eigenvalue weighted by Gasteiger charge is -2.18. The van der Waals surface area contributed by atoms with Crippen molar-refractivity contribution in [3.8, 4) is 0 Å². The highest BCUT2D eigenvalue weighted by molar-refractivity contribution is 5.84. The third kappa shape index (κ3) is 4.02. The first-order valence-electron chi connectivity index (χ1n) is 7.56. The van der Waals surface area contributed by atoms with E-state index >= 15 is 0 Å². The van der Waals surface area contributed by atoms with E-state index in [0.29, 0.717) is 13.0 Å². The summed E-state index contributed by atoms with van der Waals surface area (Å²) in [7, 11) is 0. The molecule has 1 heterocycles. The summed E-state index contributed by atoms with van der Waals surface area (Å²) < 4.78 is 0. The molecule has 0 aliphatic rings. The van der Waals surface area contributed by atoms with Gasteiger partial charge in [-0.25, -0.2) is 0 Å². The summed E-state index contributed by atoms with van der Waals surface area (Å²) in [6.45, 7) is 7.01. The average molecular weight is 285 g/mol. The number of aromatic nitrogens is 1. The molecule has 0 bridgehead atoms. The summed E-state index contributed by atoms with van der Waals surface area (Å²) in [6, 6.07) is 8.23. The molecule has 112 valence electrons. The van der Waals surface area contributed by atoms with E-state index in [0.717, 1.165) is 25.0 Å². The van der Waals surface area contributed by atoms with E-state index in [1.165, 1.54) is 10.9 Å². The van der Waals surface area contributed by atoms with Gasteiger partial charge < -0.3 is 10.2 Å². The molecule has 0 radical (unpaired) electrons. The van der Waals surface area contributed by atoms with Gasteiger partial charge in [-0.15, -0.1) is 0 Å². The molecule has 0 saturated heterocycles. The Labute approximate surface area is 126 Å². The number of amides is 1. The number of hydrogen-bond acceptors (Lipinski definition) is 3. The highest BCUT2D eigenvalue weighted by Gasteiger charge is 2.08. The highest BCUT2D eigenvalue weighted by Crippen LogP contribution is 2.16. The molecule has 0 unspecified atom stereocenters. The number of nitrogens with one attached hydrogen (secondary N) is 1. The first-order valence-corrected chi connectivity index (χ1v) is 7.56. The van der Waals surface area contributed by atoms with Crippen LogP contribution in [0.2, 0.25) is 0 Å². The van der Waals surface area contributed by atoms with E-state index in [1.54, 1.807) is 0 Å². The van der Waals surface area contributed by atoms with Crippen molar-refractivity contribution in [1.29, 1.82) is 0 Å². The maximum Gasteiger partial charge on any atom is 0.223 e. The predicted octanol–water partition coefficient (Wildman–Crippen LogP) is 2.58. The molecule has 0 aliphatic carbocycles. The summed E-state index contributed by atoms with van der Waals surface area (Å²) in [6.07, 6.45) is 4.31. The van der Waals surface area contributed by atoms with Crippen molar-refractivity contribution >= 4 is 16.7 Å². The summed E-state index contributed by atoms with van der Waals surface area (Å²) in [5, 5.41) is 5.71. The molecule has 0 saturated carbocycles. The van der Waals surface area contributed by atoms with Crippen LogP contribution >= 0.6 is 0 Å². The molecule has 0 fully saturated rings. The van der Waals surface area contributed by atoms with Crippen LogP contribution in [-0.2, 0) is 11.3 Å². The second kappa shape index (κ2) is 7.74. The van der Waals surface area contributed by atoms with Gasteiger partial charge in [0, 0.05) is 50.4 Å². The molecule has 1 aromatic heterocycles. The first-order chi connectivity index (χ1) is 10.3. The van der Waals surface area contributed by atoms with Crippen LogP contribution in [0.25, 0.3) is 10.8 Å². The highest BCUT2D eigenvalue weighted by atomic mass is 16.2. The van der Waals surface area contributed by atoms with Crippen LogP contribution in [0.15, 0.2) is 36.7 Å². The lowest BCUT2D eigenvalue weighted by atomic mass is 10.1. The van der Waals surface area contributed by atoms with Crippen LogP contribution in [0.5, 0.6) is 0 Å². The Kier molecular flexibility index (Phi) is 5.69. The third-order valence-electron chi connectivity index (χ3n) is 3.70. The van der Waals surface area contributed by atoms with Gasteiger partial charge in [0.2, 0.25) is 5.91 Å². The van der Waals surface area contributed by atoms with E-state index in [1.807, 2.05) is 43.3 Å². The van der Waals surface area contributed by atoms with Crippen LogP contribution in [0, 0.1) is 0 Å². The second-order valence-corrected chi connectivity index (χ2v) is 5.01. The van der Waals surface area contributed by atoms with Crippen molar-refractivity contribution in [2.45, 2.75) is 26.8 Å². The van der Waals surface area contributed by atoms with Crippen molar-refractivity contribution in [3.63, 3.8) is 0 Å². The Hall–Kier alpha value is -1.94. The lowest BCUT2D eigenvalue weighted by Crippen LogP contribution is -2.32. The fourth-order valence-electron chi connectivity index (χ4n) is 2.47. The standard InChI is InChI=1S/C17H23N3O/c1-3-20(4-2)17(21)9-10-18-12-15-13-19-11-14-7-5-6-8-16(14)15/h5-8,11,13,18H,3-4,9-10,12H2,1-2H3. The molecule has 2 rings (SSSR count). The van der Waals surface area contributed by atoms with Gasteiger partial charge in [-0.3, -0.25) is 9.78 Å². The van der Waals surface area contributed by atoms with Gasteiger partial charge in [0.1, 0.15) is 0 Å². The van der Waals surface area contributed by atoms with Crippen LogP contribution < -0.4 is 5.32 Å². The number of hydrogen-bond donors (Lipinski definition) is 1. The van der Waals surface area contributed by atoms with Crippen LogP contribution in [0.1, 0.15) is 25.8 Å². The lowest BCUT2D eigenvalue weighted by molar-refractivity contribution is -0.130. The van der Waals surface area contributed by atoms with E-state index in [-0.39, 0.29) is 5.91 Å². The monoisotopic (exact) mass is 285 g/mol. The minimum atomic E-state index is 0.212. The first kappa shape index (κ1) is 15.4. The van der Waals surface area contributed by atoms with Gasteiger partial charge in [-0.2, -0.15) is 0 Å². The summed E-state index contributed by atoms with van der Waals surface area (Å²) >= 11 is 0. The van der Waals surface area contributed by atoms with Gasteiger partial charge in [-0.1, -0.05) is 24.3 Å². The quantitative estimate of drug-likeness (QED) is 0.795. The Balaban J connectivity index is 1.87. The van der Waals surface area contributed by atoms with Crippen LogP contribution in [0.4, 0.5) is 0 Å². The maximum atomic E-state index is 11.9. The van der Waals surface area contributed by atoms with Crippen molar-refractivity contribution in [2.75, 3.05) is 19.6 Å². The van der Waals surface area contributed by atoms with Crippen molar-refractivity contribution in [2.24, 2.45) is 0 Å². The molecule has 1 aromatic carbocycles. The molecule has 0 aliphatic heterocycles. The molecule has 2 aromatic rings. The van der Waals surface area contributed by atoms with Crippen molar-refractivity contribution < 1.29 is 4.79 Å². The number of carbonyl (C=O) groups excluding carboxylic acids is 1. The second-order valence-electron chi connectivity index (χ2n) is 5.01. The van der Waals surface area contributed by atoms with Crippen molar-refractivity contribution in [3.05, 3.63) is 42.2 Å². The van der Waals surface area contributed by atoms with Gasteiger partial charge in [0.15, 0.2) is 0 Å². The number of carbonyl (C=O) groups is 1. The Morgan fingerprint density at radius 3 is 2.71 bits per heavy atom. The fraction of sp³-hybridized carbons (Fsp3) is 0.412. The summed E-state index contributed by atoms with van der Waals surface area (Å²) in [5.41, 5.74) is 1.17. The van der Waals surface area contributed by atoms with E-state index < -0.39 is 0 Å².